The first-order valence-corrected chi connectivity index (χ1v) is 9.84. The van der Waals surface area contributed by atoms with Gasteiger partial charge in [0.2, 0.25) is 5.91 Å². The number of hydrogen-bond donors (Lipinski definition) is 2. The topological polar surface area (TPSA) is 81.6 Å². The molecule has 7 heteroatoms. The maximum absolute atomic E-state index is 12.5. The van der Waals surface area contributed by atoms with Crippen LogP contribution < -0.4 is 20.3 Å². The molecule has 0 aliphatic heterocycles. The molecule has 0 fully saturated rings. The molecular weight excluding hydrogens is 382 g/mol. The van der Waals surface area contributed by atoms with Crippen molar-refractivity contribution in [2.45, 2.75) is 19.8 Å². The van der Waals surface area contributed by atoms with Gasteiger partial charge in [-0.25, -0.2) is 0 Å². The molecule has 0 radical (unpaired) electrons. The number of rotatable bonds is 9. The lowest BCUT2D eigenvalue weighted by Crippen LogP contribution is -2.42. The van der Waals surface area contributed by atoms with Gasteiger partial charge >= 0.3 is 0 Å². The predicted molar refractivity (Wildman–Crippen MR) is 114 cm³/mol. The third-order valence-corrected chi connectivity index (χ3v) is 4.30. The zero-order valence-corrected chi connectivity index (χ0v) is 16.8. The average Bonchev–Trinajstić information content (AvgIpc) is 3.31. The van der Waals surface area contributed by atoms with Crippen molar-refractivity contribution >= 4 is 11.8 Å². The number of nitrogens with zero attached hydrogens (tertiary/aromatic N) is 1. The van der Waals surface area contributed by atoms with Crippen molar-refractivity contribution in [3.05, 3.63) is 78.6 Å². The fraction of sp³-hybridized carbons (Fsp3) is 0.217. The fourth-order valence-corrected chi connectivity index (χ4v) is 2.86. The minimum Gasteiger partial charge on any atom is -0.494 e. The monoisotopic (exact) mass is 407 g/mol. The van der Waals surface area contributed by atoms with Crippen LogP contribution >= 0.6 is 0 Å². The minimum absolute atomic E-state index is 0.233. The third kappa shape index (κ3) is 5.88. The Bertz CT molecular complexity index is 953. The van der Waals surface area contributed by atoms with Crippen molar-refractivity contribution in [3.8, 4) is 17.2 Å². The van der Waals surface area contributed by atoms with E-state index in [9.17, 15) is 9.59 Å². The van der Waals surface area contributed by atoms with Gasteiger partial charge in [-0.15, -0.1) is 0 Å². The van der Waals surface area contributed by atoms with Crippen LogP contribution in [0.5, 0.6) is 11.5 Å². The van der Waals surface area contributed by atoms with E-state index >= 15 is 0 Å². The first-order chi connectivity index (χ1) is 14.7. The second-order valence-electron chi connectivity index (χ2n) is 6.47. The smallest absolute Gasteiger partial charge is 0.271 e. The van der Waals surface area contributed by atoms with Crippen molar-refractivity contribution in [2.75, 3.05) is 13.2 Å². The van der Waals surface area contributed by atoms with Gasteiger partial charge < -0.3 is 14.0 Å². The predicted octanol–water partition coefficient (Wildman–Crippen LogP) is 3.50. The number of aromatic nitrogens is 1. The van der Waals surface area contributed by atoms with Gasteiger partial charge in [0.25, 0.3) is 5.91 Å². The summed E-state index contributed by atoms with van der Waals surface area (Å²) in [5.41, 5.74) is 6.12. The molecule has 3 aromatic rings. The highest BCUT2D eigenvalue weighted by Crippen LogP contribution is 2.18. The number of hydrogen-bond acceptors (Lipinski definition) is 4. The van der Waals surface area contributed by atoms with Gasteiger partial charge in [-0.1, -0.05) is 12.1 Å². The molecule has 0 unspecified atom stereocenters. The van der Waals surface area contributed by atoms with E-state index in [1.54, 1.807) is 12.1 Å². The Kier molecular flexibility index (Phi) is 7.49. The summed E-state index contributed by atoms with van der Waals surface area (Å²) < 4.78 is 12.8. The van der Waals surface area contributed by atoms with E-state index in [4.69, 9.17) is 9.47 Å². The first-order valence-electron chi connectivity index (χ1n) is 9.84. The summed E-state index contributed by atoms with van der Waals surface area (Å²) in [6.07, 6.45) is 4.47. The summed E-state index contributed by atoms with van der Waals surface area (Å²) in [5, 5.41) is 0. The second-order valence-corrected chi connectivity index (χ2v) is 6.47. The Labute approximate surface area is 175 Å². The van der Waals surface area contributed by atoms with Gasteiger partial charge in [0.05, 0.1) is 24.5 Å². The fourth-order valence-electron chi connectivity index (χ4n) is 2.86. The number of carbonyl (C=O) groups excluding carboxylic acids is 2. The van der Waals surface area contributed by atoms with Crippen LogP contribution in [0.15, 0.2) is 73.1 Å². The molecule has 1 heterocycles. The van der Waals surface area contributed by atoms with Crippen LogP contribution in [0, 0.1) is 0 Å². The summed E-state index contributed by atoms with van der Waals surface area (Å²) >= 11 is 0. The van der Waals surface area contributed by atoms with Crippen LogP contribution in [-0.2, 0) is 4.79 Å². The second kappa shape index (κ2) is 10.7. The molecule has 2 N–H and O–H groups in total. The molecule has 2 aromatic carbocycles. The quantitative estimate of drug-likeness (QED) is 0.420. The molecule has 1 aromatic heterocycles. The minimum atomic E-state index is -0.377. The Morgan fingerprint density at radius 3 is 2.23 bits per heavy atom. The van der Waals surface area contributed by atoms with Crippen LogP contribution in [-0.4, -0.2) is 29.6 Å². The van der Waals surface area contributed by atoms with Crippen molar-refractivity contribution in [1.82, 2.24) is 15.4 Å². The van der Waals surface area contributed by atoms with Gasteiger partial charge in [-0.05, 0) is 61.9 Å². The number of nitrogens with one attached hydrogen (secondary N) is 2. The number of amides is 2. The summed E-state index contributed by atoms with van der Waals surface area (Å²) in [5.74, 6) is 0.850. The molecule has 156 valence electrons. The summed E-state index contributed by atoms with van der Waals surface area (Å²) in [7, 11) is 0. The van der Waals surface area contributed by atoms with E-state index in [-0.39, 0.29) is 18.2 Å². The lowest BCUT2D eigenvalue weighted by atomic mass is 10.1. The van der Waals surface area contributed by atoms with Crippen molar-refractivity contribution in [2.24, 2.45) is 0 Å². The standard InChI is InChI=1S/C23H25N3O4/c1-2-29-18-11-13-19(14-12-18)30-17-7-10-22(27)24-25-23(28)20-8-3-4-9-21(20)26-15-5-6-16-26/h3-6,8-9,11-16H,2,7,10,17H2,1H3,(H,24,27)(H,25,28). The van der Waals surface area contributed by atoms with Crippen LogP contribution in [0.3, 0.4) is 0 Å². The van der Waals surface area contributed by atoms with E-state index in [2.05, 4.69) is 10.9 Å². The van der Waals surface area contributed by atoms with Gasteiger partial charge in [0.1, 0.15) is 11.5 Å². The van der Waals surface area contributed by atoms with E-state index in [0.29, 0.717) is 30.9 Å². The van der Waals surface area contributed by atoms with E-state index in [1.807, 2.05) is 72.4 Å². The van der Waals surface area contributed by atoms with Crippen molar-refractivity contribution < 1.29 is 19.1 Å². The number of ether oxygens (including phenoxy) is 2. The van der Waals surface area contributed by atoms with E-state index in [0.717, 1.165) is 11.4 Å². The largest absolute Gasteiger partial charge is 0.494 e. The molecule has 2 amide bonds. The highest BCUT2D eigenvalue weighted by atomic mass is 16.5. The molecule has 7 nitrogen and oxygen atoms in total. The number of benzene rings is 2. The highest BCUT2D eigenvalue weighted by molar-refractivity contribution is 5.98. The lowest BCUT2D eigenvalue weighted by Gasteiger charge is -2.12. The number of hydrazine groups is 1. The Morgan fingerprint density at radius 2 is 1.53 bits per heavy atom. The third-order valence-electron chi connectivity index (χ3n) is 4.30. The average molecular weight is 407 g/mol. The molecule has 30 heavy (non-hydrogen) atoms. The zero-order valence-electron chi connectivity index (χ0n) is 16.8. The Hall–Kier alpha value is -3.74. The van der Waals surface area contributed by atoms with Crippen LogP contribution in [0.1, 0.15) is 30.1 Å². The Balaban J connectivity index is 1.40. The molecule has 3 rings (SSSR count). The van der Waals surface area contributed by atoms with Crippen LogP contribution in [0.4, 0.5) is 0 Å². The number of para-hydroxylation sites is 1. The van der Waals surface area contributed by atoms with Crippen molar-refractivity contribution in [1.29, 1.82) is 0 Å². The lowest BCUT2D eigenvalue weighted by molar-refractivity contribution is -0.122. The maximum Gasteiger partial charge on any atom is 0.271 e. The molecule has 0 spiro atoms. The molecular formula is C23H25N3O4. The SMILES string of the molecule is CCOc1ccc(OCCCC(=O)NNC(=O)c2ccccc2-n2cccc2)cc1. The molecule has 0 aliphatic carbocycles. The molecule has 0 atom stereocenters. The molecule has 0 bridgehead atoms. The normalized spacial score (nSPS) is 10.3. The first kappa shape index (κ1) is 21.0. The van der Waals surface area contributed by atoms with Gasteiger partial charge in [0, 0.05) is 18.8 Å². The number of carbonyl (C=O) groups is 2. The summed E-state index contributed by atoms with van der Waals surface area (Å²) in [6.45, 7) is 2.94. The molecule has 0 saturated heterocycles. The van der Waals surface area contributed by atoms with E-state index in [1.165, 1.54) is 0 Å². The van der Waals surface area contributed by atoms with Crippen LogP contribution in [0.25, 0.3) is 5.69 Å². The van der Waals surface area contributed by atoms with Gasteiger partial charge in [-0.3, -0.25) is 20.4 Å². The summed E-state index contributed by atoms with van der Waals surface area (Å²) in [4.78, 5) is 24.5. The molecule has 0 saturated carbocycles. The van der Waals surface area contributed by atoms with Gasteiger partial charge in [-0.2, -0.15) is 0 Å². The highest BCUT2D eigenvalue weighted by Gasteiger charge is 2.12. The summed E-state index contributed by atoms with van der Waals surface area (Å²) in [6, 6.07) is 18.3. The van der Waals surface area contributed by atoms with Crippen LogP contribution in [0.2, 0.25) is 0 Å². The van der Waals surface area contributed by atoms with Gasteiger partial charge in [0.15, 0.2) is 0 Å². The van der Waals surface area contributed by atoms with E-state index < -0.39 is 0 Å². The molecule has 0 aliphatic rings. The Morgan fingerprint density at radius 1 is 0.867 bits per heavy atom. The maximum atomic E-state index is 12.5. The zero-order chi connectivity index (χ0) is 21.2. The van der Waals surface area contributed by atoms with Crippen molar-refractivity contribution in [3.63, 3.8) is 0 Å².